The molecule has 3 rings (SSSR count). The molecule has 1 aromatic carbocycles. The van der Waals surface area contributed by atoms with Gasteiger partial charge in [-0.25, -0.2) is 5.06 Å². The van der Waals surface area contributed by atoms with Crippen LogP contribution in [0, 0.1) is 5.41 Å². The quantitative estimate of drug-likeness (QED) is 0.793. The summed E-state index contributed by atoms with van der Waals surface area (Å²) in [5.74, 6) is 0.291. The third kappa shape index (κ3) is 1.44. The summed E-state index contributed by atoms with van der Waals surface area (Å²) >= 11 is 0. The summed E-state index contributed by atoms with van der Waals surface area (Å²) in [7, 11) is 0. The number of hydrogen-bond acceptors (Lipinski definition) is 4. The van der Waals surface area contributed by atoms with Crippen molar-refractivity contribution in [3.63, 3.8) is 0 Å². The van der Waals surface area contributed by atoms with Crippen LogP contribution in [0.2, 0.25) is 0 Å². The molecule has 20 heavy (non-hydrogen) atoms. The van der Waals surface area contributed by atoms with Crippen LogP contribution in [0.5, 0.6) is 5.75 Å². The highest BCUT2D eigenvalue weighted by molar-refractivity contribution is 6.07. The number of fused-ring (bicyclic) bond motifs is 2. The molecule has 5 nitrogen and oxygen atoms in total. The summed E-state index contributed by atoms with van der Waals surface area (Å²) in [5.41, 5.74) is 1.93. The van der Waals surface area contributed by atoms with Gasteiger partial charge in [0.15, 0.2) is 5.84 Å². The smallest absolute Gasteiger partial charge is 0.155 e. The predicted octanol–water partition coefficient (Wildman–Crippen LogP) is 2.65. The minimum absolute atomic E-state index is 0.109. The van der Waals surface area contributed by atoms with Crippen LogP contribution in [0.15, 0.2) is 12.1 Å². The van der Waals surface area contributed by atoms with E-state index in [1.54, 1.807) is 6.07 Å². The fourth-order valence-corrected chi connectivity index (χ4v) is 3.49. The first-order chi connectivity index (χ1) is 9.56. The molecule has 1 heterocycles. The highest BCUT2D eigenvalue weighted by atomic mass is 16.5. The minimum atomic E-state index is -0.429. The number of nitrogens with one attached hydrogen (secondary N) is 1. The summed E-state index contributed by atoms with van der Waals surface area (Å²) in [5, 5.41) is 29.9. The molecular formula is C15H21N3O2. The topological polar surface area (TPSA) is 70.8 Å². The van der Waals surface area contributed by atoms with E-state index < -0.39 is 5.54 Å². The molecule has 0 saturated heterocycles. The summed E-state index contributed by atoms with van der Waals surface area (Å²) < 4.78 is 0. The van der Waals surface area contributed by atoms with E-state index in [9.17, 15) is 10.3 Å². The number of nitrogens with zero attached hydrogens (tertiary/aromatic N) is 2. The van der Waals surface area contributed by atoms with E-state index >= 15 is 0 Å². The van der Waals surface area contributed by atoms with Gasteiger partial charge in [-0.3, -0.25) is 10.6 Å². The SMILES string of the molecule is CCN(CC)c1c(O)ccc2c1C(=N)N(O)C21CCC1. The maximum absolute atomic E-state index is 10.3. The van der Waals surface area contributed by atoms with Crippen LogP contribution in [0.25, 0.3) is 0 Å². The molecule has 1 aromatic rings. The molecule has 0 aromatic heterocycles. The molecule has 1 saturated carbocycles. The number of phenolic OH excluding ortho intramolecular Hbond substituents is 1. The van der Waals surface area contributed by atoms with Crippen molar-refractivity contribution in [2.45, 2.75) is 38.6 Å². The number of phenols is 1. The van der Waals surface area contributed by atoms with Crippen molar-refractivity contribution in [3.05, 3.63) is 23.3 Å². The van der Waals surface area contributed by atoms with Crippen LogP contribution in [0.4, 0.5) is 5.69 Å². The van der Waals surface area contributed by atoms with E-state index in [4.69, 9.17) is 5.41 Å². The molecule has 0 bridgehead atoms. The zero-order chi connectivity index (χ0) is 14.5. The lowest BCUT2D eigenvalue weighted by molar-refractivity contribution is -0.138. The molecule has 1 aliphatic carbocycles. The summed E-state index contributed by atoms with van der Waals surface area (Å²) in [6.07, 6.45) is 2.79. The zero-order valence-electron chi connectivity index (χ0n) is 12.0. The number of aromatic hydroxyl groups is 1. The molecule has 2 aliphatic rings. The van der Waals surface area contributed by atoms with Crippen molar-refractivity contribution in [2.75, 3.05) is 18.0 Å². The van der Waals surface area contributed by atoms with Gasteiger partial charge in [0.25, 0.3) is 0 Å². The Morgan fingerprint density at radius 1 is 1.30 bits per heavy atom. The van der Waals surface area contributed by atoms with Gasteiger partial charge in [-0.05, 0) is 44.7 Å². The lowest BCUT2D eigenvalue weighted by Crippen LogP contribution is -2.46. The maximum Gasteiger partial charge on any atom is 0.155 e. The first kappa shape index (κ1) is 13.2. The van der Waals surface area contributed by atoms with Crippen LogP contribution in [0.1, 0.15) is 44.2 Å². The van der Waals surface area contributed by atoms with E-state index in [1.807, 2.05) is 24.8 Å². The van der Waals surface area contributed by atoms with Crippen LogP contribution >= 0.6 is 0 Å². The van der Waals surface area contributed by atoms with Gasteiger partial charge in [-0.2, -0.15) is 0 Å². The van der Waals surface area contributed by atoms with E-state index in [1.165, 1.54) is 0 Å². The van der Waals surface area contributed by atoms with Gasteiger partial charge >= 0.3 is 0 Å². The van der Waals surface area contributed by atoms with Crippen molar-refractivity contribution >= 4 is 11.5 Å². The van der Waals surface area contributed by atoms with Gasteiger partial charge in [0.2, 0.25) is 0 Å². The normalized spacial score (nSPS) is 19.1. The Morgan fingerprint density at radius 2 is 1.95 bits per heavy atom. The van der Waals surface area contributed by atoms with Crippen molar-refractivity contribution in [1.82, 2.24) is 5.06 Å². The summed E-state index contributed by atoms with van der Waals surface area (Å²) in [6, 6.07) is 3.56. The minimum Gasteiger partial charge on any atom is -0.506 e. The fourth-order valence-electron chi connectivity index (χ4n) is 3.49. The number of hydroxylamine groups is 2. The van der Waals surface area contributed by atoms with Crippen molar-refractivity contribution in [2.24, 2.45) is 0 Å². The first-order valence-electron chi connectivity index (χ1n) is 7.26. The molecule has 0 unspecified atom stereocenters. The van der Waals surface area contributed by atoms with E-state index in [2.05, 4.69) is 0 Å². The van der Waals surface area contributed by atoms with Crippen molar-refractivity contribution in [1.29, 1.82) is 5.41 Å². The zero-order valence-corrected chi connectivity index (χ0v) is 12.0. The third-order valence-corrected chi connectivity index (χ3v) is 4.77. The second kappa shape index (κ2) is 4.38. The Kier molecular flexibility index (Phi) is 2.90. The van der Waals surface area contributed by atoms with Gasteiger partial charge in [0.1, 0.15) is 5.75 Å². The highest BCUT2D eigenvalue weighted by Crippen LogP contribution is 2.54. The predicted molar refractivity (Wildman–Crippen MR) is 77.7 cm³/mol. The van der Waals surface area contributed by atoms with E-state index in [0.717, 1.165) is 43.0 Å². The molecule has 0 amide bonds. The second-order valence-corrected chi connectivity index (χ2v) is 5.57. The van der Waals surface area contributed by atoms with Crippen LogP contribution < -0.4 is 4.90 Å². The fraction of sp³-hybridized carbons (Fsp3) is 0.533. The molecule has 108 valence electrons. The number of anilines is 1. The third-order valence-electron chi connectivity index (χ3n) is 4.77. The lowest BCUT2D eigenvalue weighted by atomic mass is 9.72. The summed E-state index contributed by atoms with van der Waals surface area (Å²) in [6.45, 7) is 5.56. The molecule has 0 atom stereocenters. The molecule has 3 N–H and O–H groups in total. The molecule has 0 radical (unpaired) electrons. The maximum atomic E-state index is 10.3. The molecule has 1 aliphatic heterocycles. The van der Waals surface area contributed by atoms with Crippen LogP contribution in [0.3, 0.4) is 0 Å². The average molecular weight is 275 g/mol. The second-order valence-electron chi connectivity index (χ2n) is 5.57. The largest absolute Gasteiger partial charge is 0.506 e. The number of benzene rings is 1. The monoisotopic (exact) mass is 275 g/mol. The highest BCUT2D eigenvalue weighted by Gasteiger charge is 2.53. The molecule has 1 spiro atoms. The standard InChI is InChI=1S/C15H21N3O2/c1-3-17(4-2)13-11(19)7-6-10-12(13)14(16)18(20)15(10)8-5-9-15/h6-7,16,19-20H,3-5,8-9H2,1-2H3. The molecule has 1 fully saturated rings. The first-order valence-corrected chi connectivity index (χ1v) is 7.26. The van der Waals surface area contributed by atoms with E-state index in [0.29, 0.717) is 11.3 Å². The molecular weight excluding hydrogens is 254 g/mol. The van der Waals surface area contributed by atoms with Crippen LogP contribution in [-0.4, -0.2) is 34.3 Å². The Morgan fingerprint density at radius 3 is 2.45 bits per heavy atom. The number of hydrogen-bond donors (Lipinski definition) is 3. The van der Waals surface area contributed by atoms with Crippen LogP contribution in [-0.2, 0) is 5.54 Å². The molecule has 5 heteroatoms. The Labute approximate surface area is 118 Å². The van der Waals surface area contributed by atoms with Gasteiger partial charge in [0, 0.05) is 13.1 Å². The number of rotatable bonds is 3. The Balaban J connectivity index is 2.22. The Hall–Kier alpha value is -1.75. The average Bonchev–Trinajstić information content (AvgIpc) is 2.62. The van der Waals surface area contributed by atoms with Crippen molar-refractivity contribution < 1.29 is 10.3 Å². The van der Waals surface area contributed by atoms with E-state index in [-0.39, 0.29) is 11.6 Å². The van der Waals surface area contributed by atoms with Gasteiger partial charge in [-0.1, -0.05) is 6.07 Å². The van der Waals surface area contributed by atoms with Gasteiger partial charge < -0.3 is 10.0 Å². The number of amidine groups is 1. The van der Waals surface area contributed by atoms with Gasteiger partial charge in [0.05, 0.1) is 16.8 Å². The lowest BCUT2D eigenvalue weighted by Gasteiger charge is -2.43. The Bertz CT molecular complexity index is 562. The van der Waals surface area contributed by atoms with Gasteiger partial charge in [-0.15, -0.1) is 0 Å². The van der Waals surface area contributed by atoms with Crippen molar-refractivity contribution in [3.8, 4) is 5.75 Å². The summed E-state index contributed by atoms with van der Waals surface area (Å²) in [4.78, 5) is 2.04.